The number of pyridine rings is 1. The molecule has 138 valence electrons. The minimum Gasteiger partial charge on any atom is -0.327 e. The number of aromatic nitrogens is 3. The molecule has 2 aromatic heterocycles. The number of nitrogens with one attached hydrogen (secondary N) is 1. The average molecular weight is 373 g/mol. The minimum absolute atomic E-state index is 0.0742. The number of fused-ring (bicyclic) bond motifs is 1. The van der Waals surface area contributed by atoms with Crippen LogP contribution < -0.4 is 5.32 Å². The summed E-state index contributed by atoms with van der Waals surface area (Å²) in [7, 11) is 0. The van der Waals surface area contributed by atoms with Crippen molar-refractivity contribution >= 4 is 23.3 Å². The van der Waals surface area contributed by atoms with Crippen molar-refractivity contribution in [1.82, 2.24) is 14.5 Å². The van der Waals surface area contributed by atoms with Crippen LogP contribution in [0, 0.1) is 11.3 Å². The molecule has 0 unspecified atom stereocenters. The highest BCUT2D eigenvalue weighted by Gasteiger charge is 2.32. The first-order valence-corrected chi connectivity index (χ1v) is 9.82. The largest absolute Gasteiger partial charge is 0.327 e. The van der Waals surface area contributed by atoms with Crippen molar-refractivity contribution in [3.05, 3.63) is 29.3 Å². The summed E-state index contributed by atoms with van der Waals surface area (Å²) in [5.41, 5.74) is 2.07. The first kappa shape index (κ1) is 17.5. The number of amides is 1. The molecule has 3 heterocycles. The van der Waals surface area contributed by atoms with Gasteiger partial charge in [-0.15, -0.1) is 0 Å². The van der Waals surface area contributed by atoms with E-state index in [1.165, 1.54) is 6.42 Å². The van der Waals surface area contributed by atoms with Crippen LogP contribution in [0.15, 0.2) is 18.5 Å². The van der Waals surface area contributed by atoms with Crippen molar-refractivity contribution in [1.29, 1.82) is 0 Å². The summed E-state index contributed by atoms with van der Waals surface area (Å²) in [5, 5.41) is 3.56. The summed E-state index contributed by atoms with van der Waals surface area (Å²) in [6.45, 7) is 5.41. The summed E-state index contributed by atoms with van der Waals surface area (Å²) in [5.74, 6) is 1.83. The molecule has 6 heteroatoms. The van der Waals surface area contributed by atoms with Crippen LogP contribution in [0.3, 0.4) is 0 Å². The summed E-state index contributed by atoms with van der Waals surface area (Å²) < 4.78 is 2.23. The fourth-order valence-electron chi connectivity index (χ4n) is 4.15. The molecule has 1 saturated carbocycles. The number of rotatable bonds is 3. The number of hydrogen-bond donors (Lipinski definition) is 1. The van der Waals surface area contributed by atoms with E-state index in [2.05, 4.69) is 33.7 Å². The first-order valence-electron chi connectivity index (χ1n) is 9.44. The third-order valence-corrected chi connectivity index (χ3v) is 5.82. The summed E-state index contributed by atoms with van der Waals surface area (Å²) in [4.78, 5) is 21.4. The van der Waals surface area contributed by atoms with Crippen LogP contribution in [0.25, 0.3) is 11.3 Å². The molecule has 1 fully saturated rings. The van der Waals surface area contributed by atoms with Gasteiger partial charge in [-0.25, -0.2) is 9.97 Å². The van der Waals surface area contributed by atoms with E-state index in [4.69, 9.17) is 11.6 Å². The first-order chi connectivity index (χ1) is 12.4. The smallest absolute Gasteiger partial charge is 0.228 e. The van der Waals surface area contributed by atoms with Crippen molar-refractivity contribution in [2.24, 2.45) is 11.3 Å². The molecule has 1 N–H and O–H groups in total. The van der Waals surface area contributed by atoms with Crippen LogP contribution in [-0.2, 0) is 17.8 Å². The molecular formula is C20H25ClN4O. The van der Waals surface area contributed by atoms with E-state index in [0.717, 1.165) is 55.7 Å². The van der Waals surface area contributed by atoms with Gasteiger partial charge in [0, 0.05) is 30.6 Å². The maximum atomic E-state index is 12.5. The molecule has 1 amide bonds. The number of hydrogen-bond acceptors (Lipinski definition) is 3. The van der Waals surface area contributed by atoms with Crippen molar-refractivity contribution in [2.45, 2.75) is 58.9 Å². The van der Waals surface area contributed by atoms with Gasteiger partial charge in [0.25, 0.3) is 0 Å². The summed E-state index contributed by atoms with van der Waals surface area (Å²) in [6.07, 6.45) is 9.89. The summed E-state index contributed by atoms with van der Waals surface area (Å²) in [6, 6.07) is 1.87. The SMILES string of the molecule is CC1(C)Cc2ncc(-c3cc(NC(=O)C4CCCCC4)ncc3Cl)n2C1. The highest BCUT2D eigenvalue weighted by molar-refractivity contribution is 6.33. The zero-order valence-corrected chi connectivity index (χ0v) is 16.1. The van der Waals surface area contributed by atoms with Gasteiger partial charge in [-0.1, -0.05) is 44.7 Å². The normalized spacial score (nSPS) is 19.3. The minimum atomic E-state index is 0.0742. The van der Waals surface area contributed by atoms with Gasteiger partial charge < -0.3 is 9.88 Å². The highest BCUT2D eigenvalue weighted by atomic mass is 35.5. The molecule has 2 aromatic rings. The topological polar surface area (TPSA) is 59.8 Å². The number of imidazole rings is 1. The van der Waals surface area contributed by atoms with Crippen LogP contribution in [0.1, 0.15) is 51.8 Å². The molecule has 0 atom stereocenters. The molecule has 0 radical (unpaired) electrons. The van der Waals surface area contributed by atoms with E-state index < -0.39 is 0 Å². The Hall–Kier alpha value is -1.88. The van der Waals surface area contributed by atoms with Gasteiger partial charge in [0.1, 0.15) is 11.6 Å². The molecule has 0 aromatic carbocycles. The van der Waals surface area contributed by atoms with Crippen molar-refractivity contribution in [3.8, 4) is 11.3 Å². The molecule has 1 aliphatic carbocycles. The second kappa shape index (κ2) is 6.69. The predicted molar refractivity (Wildman–Crippen MR) is 103 cm³/mol. The Morgan fingerprint density at radius 3 is 2.77 bits per heavy atom. The fraction of sp³-hybridized carbons (Fsp3) is 0.550. The standard InChI is InChI=1S/C20H25ClN4O/c1-20(2)9-18-23-11-16(25(18)12-20)14-8-17(22-10-15(14)21)24-19(26)13-6-4-3-5-7-13/h8,10-11,13H,3-7,9,12H2,1-2H3,(H,22,24,26). The lowest BCUT2D eigenvalue weighted by atomic mass is 9.89. The van der Waals surface area contributed by atoms with Gasteiger partial charge in [-0.05, 0) is 24.3 Å². The molecule has 0 bridgehead atoms. The third-order valence-electron chi connectivity index (χ3n) is 5.52. The third kappa shape index (κ3) is 3.37. The second-order valence-electron chi connectivity index (χ2n) is 8.36. The van der Waals surface area contributed by atoms with E-state index in [9.17, 15) is 4.79 Å². The van der Waals surface area contributed by atoms with Gasteiger partial charge in [0.15, 0.2) is 0 Å². The number of nitrogens with zero attached hydrogens (tertiary/aromatic N) is 3. The number of halogens is 1. The highest BCUT2D eigenvalue weighted by Crippen LogP contribution is 2.37. The molecular weight excluding hydrogens is 348 g/mol. The lowest BCUT2D eigenvalue weighted by Crippen LogP contribution is -2.25. The van der Waals surface area contributed by atoms with E-state index >= 15 is 0 Å². The molecule has 1 aliphatic heterocycles. The monoisotopic (exact) mass is 372 g/mol. The molecule has 0 spiro atoms. The van der Waals surface area contributed by atoms with Crippen molar-refractivity contribution in [3.63, 3.8) is 0 Å². The lowest BCUT2D eigenvalue weighted by molar-refractivity contribution is -0.120. The summed E-state index contributed by atoms with van der Waals surface area (Å²) >= 11 is 6.43. The molecule has 26 heavy (non-hydrogen) atoms. The van der Waals surface area contributed by atoms with Crippen LogP contribution in [0.4, 0.5) is 5.82 Å². The van der Waals surface area contributed by atoms with Gasteiger partial charge in [-0.2, -0.15) is 0 Å². The van der Waals surface area contributed by atoms with Gasteiger partial charge in [-0.3, -0.25) is 4.79 Å². The predicted octanol–water partition coefficient (Wildman–Crippen LogP) is 4.70. The lowest BCUT2D eigenvalue weighted by Gasteiger charge is -2.20. The van der Waals surface area contributed by atoms with Crippen molar-refractivity contribution < 1.29 is 4.79 Å². The number of anilines is 1. The zero-order chi connectivity index (χ0) is 18.3. The van der Waals surface area contributed by atoms with Crippen LogP contribution in [0.2, 0.25) is 5.02 Å². The molecule has 2 aliphatic rings. The molecule has 5 nitrogen and oxygen atoms in total. The Morgan fingerprint density at radius 1 is 1.23 bits per heavy atom. The van der Waals surface area contributed by atoms with Gasteiger partial charge >= 0.3 is 0 Å². The van der Waals surface area contributed by atoms with Crippen LogP contribution in [0.5, 0.6) is 0 Å². The quantitative estimate of drug-likeness (QED) is 0.849. The number of carbonyl (C=O) groups excluding carboxylic acids is 1. The Morgan fingerprint density at radius 2 is 2.00 bits per heavy atom. The van der Waals surface area contributed by atoms with Crippen LogP contribution >= 0.6 is 11.6 Å². The van der Waals surface area contributed by atoms with E-state index in [1.807, 2.05) is 12.3 Å². The fourth-order valence-corrected chi connectivity index (χ4v) is 4.36. The van der Waals surface area contributed by atoms with E-state index in [1.54, 1.807) is 6.20 Å². The van der Waals surface area contributed by atoms with Gasteiger partial charge in [0.05, 0.1) is 16.9 Å². The van der Waals surface area contributed by atoms with Crippen molar-refractivity contribution in [2.75, 3.05) is 5.32 Å². The Labute approximate surface area is 159 Å². The van der Waals surface area contributed by atoms with Crippen LogP contribution in [-0.4, -0.2) is 20.4 Å². The Balaban J connectivity index is 1.59. The maximum Gasteiger partial charge on any atom is 0.228 e. The van der Waals surface area contributed by atoms with E-state index in [0.29, 0.717) is 10.8 Å². The maximum absolute atomic E-state index is 12.5. The second-order valence-corrected chi connectivity index (χ2v) is 8.77. The van der Waals surface area contributed by atoms with E-state index in [-0.39, 0.29) is 17.2 Å². The Bertz CT molecular complexity index is 836. The Kier molecular flexibility index (Phi) is 4.51. The zero-order valence-electron chi connectivity index (χ0n) is 15.4. The van der Waals surface area contributed by atoms with Gasteiger partial charge in [0.2, 0.25) is 5.91 Å². The molecule has 4 rings (SSSR count). The average Bonchev–Trinajstić information content (AvgIpc) is 3.12. The molecule has 0 saturated heterocycles. The number of carbonyl (C=O) groups is 1.